The lowest BCUT2D eigenvalue weighted by molar-refractivity contribution is -0.117. The van der Waals surface area contributed by atoms with Gasteiger partial charge in [0, 0.05) is 22.9 Å². The van der Waals surface area contributed by atoms with Crippen molar-refractivity contribution in [2.24, 2.45) is 16.1 Å². The Morgan fingerprint density at radius 2 is 1.88 bits per heavy atom. The van der Waals surface area contributed by atoms with Gasteiger partial charge in [-0.3, -0.25) is 14.2 Å². The summed E-state index contributed by atoms with van der Waals surface area (Å²) in [5.74, 6) is -1.62. The fourth-order valence-electron chi connectivity index (χ4n) is 2.25. The van der Waals surface area contributed by atoms with Crippen molar-refractivity contribution in [2.45, 2.75) is 26.8 Å². The van der Waals surface area contributed by atoms with Crippen LogP contribution in [0.1, 0.15) is 30.6 Å². The number of aromatic nitrogens is 1. The number of carbonyl (C=O) groups is 2. The summed E-state index contributed by atoms with van der Waals surface area (Å²) in [5, 5.41) is 35.9. The number of amides is 2. The number of azo groups is 1. The molecule has 0 spiro atoms. The smallest absolute Gasteiger partial charge is 0.295 e. The molecule has 0 aliphatic rings. The Hall–Kier alpha value is -3.21. The van der Waals surface area contributed by atoms with Crippen molar-refractivity contribution >= 4 is 22.6 Å². The first-order valence-electron chi connectivity index (χ1n) is 7.25. The summed E-state index contributed by atoms with van der Waals surface area (Å²) in [6.07, 6.45) is -0.456. The van der Waals surface area contributed by atoms with Gasteiger partial charge in [-0.25, -0.2) is 0 Å². The van der Waals surface area contributed by atoms with E-state index in [0.29, 0.717) is 17.3 Å². The molecule has 1 aromatic carbocycles. The van der Waals surface area contributed by atoms with Crippen molar-refractivity contribution in [3.63, 3.8) is 0 Å². The second-order valence-corrected chi connectivity index (χ2v) is 5.65. The van der Waals surface area contributed by atoms with Gasteiger partial charge in [-0.2, -0.15) is 5.26 Å². The summed E-state index contributed by atoms with van der Waals surface area (Å²) in [4.78, 5) is 23.0. The number of nitrogens with zero attached hydrogens (tertiary/aromatic N) is 4. The van der Waals surface area contributed by atoms with Crippen molar-refractivity contribution in [1.82, 2.24) is 4.57 Å². The predicted molar refractivity (Wildman–Crippen MR) is 84.5 cm³/mol. The Balaban J connectivity index is 2.38. The monoisotopic (exact) mass is 328 g/mol. The maximum Gasteiger partial charge on any atom is 0.295 e. The number of aromatic hydroxyl groups is 2. The molecule has 2 N–H and O–H groups in total. The van der Waals surface area contributed by atoms with Gasteiger partial charge >= 0.3 is 0 Å². The van der Waals surface area contributed by atoms with Crippen LogP contribution in [0, 0.1) is 17.2 Å². The van der Waals surface area contributed by atoms with Crippen LogP contribution < -0.4 is 0 Å². The summed E-state index contributed by atoms with van der Waals surface area (Å²) in [7, 11) is 0. The Morgan fingerprint density at radius 3 is 2.50 bits per heavy atom. The van der Waals surface area contributed by atoms with Gasteiger partial charge in [0.15, 0.2) is 0 Å². The molecule has 0 bridgehead atoms. The maximum absolute atomic E-state index is 11.9. The zero-order valence-corrected chi connectivity index (χ0v) is 13.2. The van der Waals surface area contributed by atoms with Gasteiger partial charge in [0.1, 0.15) is 6.42 Å². The number of hydrogen-bond acceptors (Lipinski definition) is 5. The van der Waals surface area contributed by atoms with Crippen LogP contribution in [0.3, 0.4) is 0 Å². The van der Waals surface area contributed by atoms with Crippen LogP contribution in [-0.2, 0) is 11.3 Å². The molecule has 8 nitrogen and oxygen atoms in total. The highest BCUT2D eigenvalue weighted by molar-refractivity contribution is 6.02. The van der Waals surface area contributed by atoms with Gasteiger partial charge in [-0.1, -0.05) is 13.8 Å². The third-order valence-electron chi connectivity index (χ3n) is 3.29. The van der Waals surface area contributed by atoms with E-state index in [-0.39, 0.29) is 23.2 Å². The zero-order chi connectivity index (χ0) is 17.9. The van der Waals surface area contributed by atoms with Gasteiger partial charge in [0.25, 0.3) is 11.8 Å². The number of hydrogen-bond donors (Lipinski definition) is 2. The minimum atomic E-state index is -0.810. The van der Waals surface area contributed by atoms with Gasteiger partial charge in [-0.05, 0) is 24.1 Å². The highest BCUT2D eigenvalue weighted by Crippen LogP contribution is 2.37. The van der Waals surface area contributed by atoms with Crippen LogP contribution in [0.5, 0.6) is 11.8 Å². The van der Waals surface area contributed by atoms with Gasteiger partial charge in [0.05, 0.1) is 6.07 Å². The van der Waals surface area contributed by atoms with Crippen LogP contribution >= 0.6 is 0 Å². The van der Waals surface area contributed by atoms with Crippen molar-refractivity contribution in [3.05, 3.63) is 23.8 Å². The molecule has 0 saturated carbocycles. The summed E-state index contributed by atoms with van der Waals surface area (Å²) < 4.78 is 1.36. The minimum Gasteiger partial charge on any atom is -0.494 e. The molecule has 2 rings (SSSR count). The fourth-order valence-corrected chi connectivity index (χ4v) is 2.25. The molecule has 0 atom stereocenters. The molecule has 0 unspecified atom stereocenters. The molecule has 124 valence electrons. The second-order valence-electron chi connectivity index (χ2n) is 5.65. The highest BCUT2D eigenvalue weighted by Gasteiger charge is 2.18. The van der Waals surface area contributed by atoms with Crippen molar-refractivity contribution in [2.75, 3.05) is 0 Å². The highest BCUT2D eigenvalue weighted by atomic mass is 16.3. The molecule has 0 aliphatic carbocycles. The molecule has 0 saturated heterocycles. The van der Waals surface area contributed by atoms with Crippen molar-refractivity contribution in [1.29, 1.82) is 5.26 Å². The summed E-state index contributed by atoms with van der Waals surface area (Å²) in [6, 6.07) is 5.88. The molecule has 1 aromatic heterocycles. The van der Waals surface area contributed by atoms with Crippen LogP contribution in [0.4, 0.5) is 0 Å². The number of carbonyl (C=O) groups excluding carboxylic acids is 2. The molecule has 0 aliphatic heterocycles. The summed E-state index contributed by atoms with van der Waals surface area (Å²) in [5.41, 5.74) is 0.105. The Morgan fingerprint density at radius 1 is 1.21 bits per heavy atom. The number of fused-ring (bicyclic) bond motifs is 1. The van der Waals surface area contributed by atoms with Gasteiger partial charge < -0.3 is 10.2 Å². The topological polar surface area (TPSA) is 128 Å². The predicted octanol–water partition coefficient (Wildman–Crippen LogP) is 2.74. The van der Waals surface area contributed by atoms with E-state index in [1.54, 1.807) is 6.07 Å². The Kier molecular flexibility index (Phi) is 4.94. The average molecular weight is 328 g/mol. The van der Waals surface area contributed by atoms with Crippen LogP contribution in [0.15, 0.2) is 28.4 Å². The standard InChI is InChI=1S/C16H16N4O4/c1-9(2)8-20-15(23)11-4-3-10(7-12(11)16(20)24)14(22)19-18-13(21)5-6-17/h3-4,7,9,23-24H,5,8H2,1-2H3. The quantitative estimate of drug-likeness (QED) is 0.834. The normalized spacial score (nSPS) is 11.2. The zero-order valence-electron chi connectivity index (χ0n) is 13.2. The molecular formula is C16H16N4O4. The van der Waals surface area contributed by atoms with Crippen LogP contribution in [-0.4, -0.2) is 26.6 Å². The van der Waals surface area contributed by atoms with E-state index in [4.69, 9.17) is 5.26 Å². The van der Waals surface area contributed by atoms with E-state index in [1.807, 2.05) is 13.8 Å². The van der Waals surface area contributed by atoms with E-state index < -0.39 is 18.2 Å². The third-order valence-corrected chi connectivity index (χ3v) is 3.29. The third kappa shape index (κ3) is 3.41. The fraction of sp³-hybridized carbons (Fsp3) is 0.312. The first-order valence-corrected chi connectivity index (χ1v) is 7.25. The molecule has 0 radical (unpaired) electrons. The molecule has 24 heavy (non-hydrogen) atoms. The number of nitriles is 1. The lowest BCUT2D eigenvalue weighted by Gasteiger charge is -2.08. The lowest BCUT2D eigenvalue weighted by Crippen LogP contribution is -2.02. The molecule has 2 amide bonds. The first-order chi connectivity index (χ1) is 11.3. The van der Waals surface area contributed by atoms with E-state index in [9.17, 15) is 19.8 Å². The average Bonchev–Trinajstić information content (AvgIpc) is 2.77. The number of rotatable bonds is 4. The molecular weight excluding hydrogens is 312 g/mol. The van der Waals surface area contributed by atoms with E-state index in [2.05, 4.69) is 10.2 Å². The Bertz CT molecular complexity index is 874. The van der Waals surface area contributed by atoms with Crippen molar-refractivity contribution < 1.29 is 19.8 Å². The largest absolute Gasteiger partial charge is 0.494 e. The van der Waals surface area contributed by atoms with Crippen molar-refractivity contribution in [3.8, 4) is 17.8 Å². The second kappa shape index (κ2) is 6.91. The number of benzene rings is 1. The van der Waals surface area contributed by atoms with Crippen LogP contribution in [0.25, 0.3) is 10.8 Å². The SMILES string of the molecule is CC(C)Cn1c(O)c2ccc(C(=O)N=NC(=O)CC#N)cc2c1O. The molecule has 8 heteroatoms. The van der Waals surface area contributed by atoms with Gasteiger partial charge in [-0.15, -0.1) is 10.2 Å². The lowest BCUT2D eigenvalue weighted by atomic mass is 10.1. The van der Waals surface area contributed by atoms with Crippen LogP contribution in [0.2, 0.25) is 0 Å². The first kappa shape index (κ1) is 17.1. The maximum atomic E-state index is 11.9. The van der Waals surface area contributed by atoms with E-state index in [0.717, 1.165) is 0 Å². The molecule has 0 fully saturated rings. The van der Waals surface area contributed by atoms with E-state index in [1.165, 1.54) is 22.8 Å². The van der Waals surface area contributed by atoms with E-state index >= 15 is 0 Å². The summed E-state index contributed by atoms with van der Waals surface area (Å²) >= 11 is 0. The minimum absolute atomic E-state index is 0.0824. The summed E-state index contributed by atoms with van der Waals surface area (Å²) in [6.45, 7) is 4.30. The Labute approximate surface area is 137 Å². The molecule has 1 heterocycles. The van der Waals surface area contributed by atoms with Gasteiger partial charge in [0.2, 0.25) is 11.8 Å². The molecule has 2 aromatic rings.